The van der Waals surface area contributed by atoms with Crippen molar-refractivity contribution in [2.24, 2.45) is 0 Å². The fourth-order valence-corrected chi connectivity index (χ4v) is 2.03. The minimum Gasteiger partial charge on any atom is -0.496 e. The molecule has 0 aliphatic carbocycles. The van der Waals surface area contributed by atoms with Crippen LogP contribution in [-0.4, -0.2) is 24.4 Å². The molecule has 96 valence electrons. The normalized spacial score (nSPS) is 10.4. The predicted octanol–water partition coefficient (Wildman–Crippen LogP) is 2.29. The van der Waals surface area contributed by atoms with E-state index < -0.39 is 0 Å². The molecule has 18 heavy (non-hydrogen) atoms. The standard InChI is InChI=1S/C13H17N3O2/c1-7-10(17-3)6-5-9(12(7)18-4)11-8(2)13(14)16-15-11/h5-6H,1-4H3,(H3,14,15,16). The number of benzene rings is 1. The summed E-state index contributed by atoms with van der Waals surface area (Å²) < 4.78 is 10.8. The SMILES string of the molecule is COc1ccc(-c2[nH]nc(N)c2C)c(OC)c1C. The van der Waals surface area contributed by atoms with Gasteiger partial charge in [0.25, 0.3) is 0 Å². The molecule has 0 saturated heterocycles. The maximum atomic E-state index is 5.76. The number of hydrogen-bond acceptors (Lipinski definition) is 4. The van der Waals surface area contributed by atoms with Crippen molar-refractivity contribution in [3.63, 3.8) is 0 Å². The van der Waals surface area contributed by atoms with Crippen LogP contribution >= 0.6 is 0 Å². The molecule has 5 nitrogen and oxygen atoms in total. The number of nitrogens with one attached hydrogen (secondary N) is 1. The summed E-state index contributed by atoms with van der Waals surface area (Å²) in [6.07, 6.45) is 0. The molecule has 0 aliphatic heterocycles. The molecule has 0 unspecified atom stereocenters. The smallest absolute Gasteiger partial charge is 0.148 e. The Morgan fingerprint density at radius 2 is 1.83 bits per heavy atom. The number of H-pyrrole nitrogens is 1. The van der Waals surface area contributed by atoms with E-state index in [-0.39, 0.29) is 0 Å². The molecule has 5 heteroatoms. The summed E-state index contributed by atoms with van der Waals surface area (Å²) in [6, 6.07) is 3.84. The average molecular weight is 247 g/mol. The molecule has 2 rings (SSSR count). The number of nitrogen functional groups attached to an aromatic ring is 1. The Kier molecular flexibility index (Phi) is 3.14. The van der Waals surface area contributed by atoms with Crippen LogP contribution in [0.15, 0.2) is 12.1 Å². The van der Waals surface area contributed by atoms with E-state index in [1.54, 1.807) is 14.2 Å². The monoisotopic (exact) mass is 247 g/mol. The third-order valence-corrected chi connectivity index (χ3v) is 3.10. The van der Waals surface area contributed by atoms with Crippen LogP contribution in [0.1, 0.15) is 11.1 Å². The van der Waals surface area contributed by atoms with E-state index >= 15 is 0 Å². The number of ether oxygens (including phenoxy) is 2. The summed E-state index contributed by atoms with van der Waals surface area (Å²) >= 11 is 0. The summed E-state index contributed by atoms with van der Waals surface area (Å²) in [7, 11) is 3.28. The second kappa shape index (κ2) is 4.60. The lowest BCUT2D eigenvalue weighted by atomic mass is 10.0. The molecule has 0 saturated carbocycles. The van der Waals surface area contributed by atoms with Crippen molar-refractivity contribution in [3.05, 3.63) is 23.3 Å². The molecule has 0 radical (unpaired) electrons. The van der Waals surface area contributed by atoms with Crippen LogP contribution in [0.2, 0.25) is 0 Å². The Morgan fingerprint density at radius 1 is 1.11 bits per heavy atom. The number of nitrogens with two attached hydrogens (primary N) is 1. The molecule has 1 aromatic heterocycles. The zero-order valence-electron chi connectivity index (χ0n) is 11.0. The van der Waals surface area contributed by atoms with E-state index in [0.29, 0.717) is 5.82 Å². The van der Waals surface area contributed by atoms with Crippen molar-refractivity contribution in [2.45, 2.75) is 13.8 Å². The first-order valence-electron chi connectivity index (χ1n) is 5.62. The van der Waals surface area contributed by atoms with Crippen molar-refractivity contribution < 1.29 is 9.47 Å². The van der Waals surface area contributed by atoms with E-state index in [2.05, 4.69) is 10.2 Å². The Bertz CT molecular complexity index is 576. The number of methoxy groups -OCH3 is 2. The number of aromatic amines is 1. The van der Waals surface area contributed by atoms with Gasteiger partial charge in [-0.2, -0.15) is 5.10 Å². The first-order valence-corrected chi connectivity index (χ1v) is 5.62. The molecule has 3 N–H and O–H groups in total. The second-order valence-electron chi connectivity index (χ2n) is 4.08. The lowest BCUT2D eigenvalue weighted by Gasteiger charge is -2.14. The summed E-state index contributed by atoms with van der Waals surface area (Å²) in [4.78, 5) is 0. The Morgan fingerprint density at radius 3 is 2.33 bits per heavy atom. The third-order valence-electron chi connectivity index (χ3n) is 3.10. The van der Waals surface area contributed by atoms with Crippen LogP contribution < -0.4 is 15.2 Å². The number of rotatable bonds is 3. The van der Waals surface area contributed by atoms with E-state index in [1.807, 2.05) is 26.0 Å². The molecule has 0 aliphatic rings. The van der Waals surface area contributed by atoms with Crippen molar-refractivity contribution in [3.8, 4) is 22.8 Å². The minimum atomic E-state index is 0.500. The van der Waals surface area contributed by atoms with Crippen LogP contribution in [0.4, 0.5) is 5.82 Å². The molecule has 1 aromatic carbocycles. The highest BCUT2D eigenvalue weighted by Crippen LogP contribution is 2.38. The largest absolute Gasteiger partial charge is 0.496 e. The van der Waals surface area contributed by atoms with Crippen molar-refractivity contribution >= 4 is 5.82 Å². The van der Waals surface area contributed by atoms with E-state index in [9.17, 15) is 0 Å². The van der Waals surface area contributed by atoms with Gasteiger partial charge in [-0.25, -0.2) is 0 Å². The predicted molar refractivity (Wildman–Crippen MR) is 71.0 cm³/mol. The highest BCUT2D eigenvalue weighted by atomic mass is 16.5. The Hall–Kier alpha value is -2.17. The number of nitrogens with zero attached hydrogens (tertiary/aromatic N) is 1. The lowest BCUT2D eigenvalue weighted by molar-refractivity contribution is 0.390. The summed E-state index contributed by atoms with van der Waals surface area (Å²) in [6.45, 7) is 3.88. The van der Waals surface area contributed by atoms with Gasteiger partial charge < -0.3 is 15.2 Å². The average Bonchev–Trinajstić information content (AvgIpc) is 2.69. The summed E-state index contributed by atoms with van der Waals surface area (Å²) in [5, 5.41) is 6.94. The number of aromatic nitrogens is 2. The highest BCUT2D eigenvalue weighted by molar-refractivity contribution is 5.75. The fraction of sp³-hybridized carbons (Fsp3) is 0.308. The maximum Gasteiger partial charge on any atom is 0.148 e. The first kappa shape index (κ1) is 12.3. The molecule has 1 heterocycles. The maximum absolute atomic E-state index is 5.76. The van der Waals surface area contributed by atoms with Gasteiger partial charge in [0.1, 0.15) is 17.3 Å². The van der Waals surface area contributed by atoms with Gasteiger partial charge in [-0.15, -0.1) is 0 Å². The second-order valence-corrected chi connectivity index (χ2v) is 4.08. The van der Waals surface area contributed by atoms with Gasteiger partial charge in [0, 0.05) is 16.7 Å². The summed E-state index contributed by atoms with van der Waals surface area (Å²) in [5.41, 5.74) is 9.42. The molecule has 0 atom stereocenters. The number of hydrogen-bond donors (Lipinski definition) is 2. The van der Waals surface area contributed by atoms with Crippen LogP contribution in [0.25, 0.3) is 11.3 Å². The van der Waals surface area contributed by atoms with Gasteiger partial charge in [-0.3, -0.25) is 5.10 Å². The van der Waals surface area contributed by atoms with Gasteiger partial charge in [-0.1, -0.05) is 0 Å². The third kappa shape index (κ3) is 1.77. The lowest BCUT2D eigenvalue weighted by Crippen LogP contribution is -1.96. The molecular weight excluding hydrogens is 230 g/mol. The Balaban J connectivity index is 2.65. The van der Waals surface area contributed by atoms with E-state index in [4.69, 9.17) is 15.2 Å². The molecule has 2 aromatic rings. The highest BCUT2D eigenvalue weighted by Gasteiger charge is 2.16. The van der Waals surface area contributed by atoms with Gasteiger partial charge in [0.2, 0.25) is 0 Å². The van der Waals surface area contributed by atoms with Gasteiger partial charge in [-0.05, 0) is 26.0 Å². The molecule has 0 fully saturated rings. The quantitative estimate of drug-likeness (QED) is 0.872. The van der Waals surface area contributed by atoms with E-state index in [1.165, 1.54) is 0 Å². The molecule has 0 bridgehead atoms. The summed E-state index contributed by atoms with van der Waals surface area (Å²) in [5.74, 6) is 2.06. The fourth-order valence-electron chi connectivity index (χ4n) is 2.03. The van der Waals surface area contributed by atoms with Crippen molar-refractivity contribution in [1.29, 1.82) is 0 Å². The molecular formula is C13H17N3O2. The Labute approximate surface area is 106 Å². The first-order chi connectivity index (χ1) is 8.60. The van der Waals surface area contributed by atoms with Crippen LogP contribution in [0.5, 0.6) is 11.5 Å². The number of anilines is 1. The minimum absolute atomic E-state index is 0.500. The van der Waals surface area contributed by atoms with Crippen LogP contribution in [-0.2, 0) is 0 Å². The van der Waals surface area contributed by atoms with Gasteiger partial charge in [0.15, 0.2) is 0 Å². The topological polar surface area (TPSA) is 73.2 Å². The van der Waals surface area contributed by atoms with Crippen LogP contribution in [0.3, 0.4) is 0 Å². The molecule has 0 amide bonds. The molecule has 0 spiro atoms. The van der Waals surface area contributed by atoms with E-state index in [0.717, 1.165) is 33.9 Å². The zero-order chi connectivity index (χ0) is 13.3. The van der Waals surface area contributed by atoms with Crippen molar-refractivity contribution in [2.75, 3.05) is 20.0 Å². The van der Waals surface area contributed by atoms with Gasteiger partial charge >= 0.3 is 0 Å². The zero-order valence-corrected chi connectivity index (χ0v) is 11.0. The van der Waals surface area contributed by atoms with Crippen LogP contribution in [0, 0.1) is 13.8 Å². The van der Waals surface area contributed by atoms with Gasteiger partial charge in [0.05, 0.1) is 19.9 Å². The van der Waals surface area contributed by atoms with Crippen molar-refractivity contribution in [1.82, 2.24) is 10.2 Å².